The molecule has 1 aliphatic rings. The van der Waals surface area contributed by atoms with Crippen LogP contribution in [0.4, 0.5) is 4.79 Å². The Morgan fingerprint density at radius 1 is 1.77 bits per heavy atom. The van der Waals surface area contributed by atoms with Crippen LogP contribution in [0.15, 0.2) is 6.33 Å². The number of hydrogen-bond donors (Lipinski definition) is 2. The fourth-order valence-corrected chi connectivity index (χ4v) is 2.38. The summed E-state index contributed by atoms with van der Waals surface area (Å²) in [6, 6.07) is 0. The first-order chi connectivity index (χ1) is 6.25. The van der Waals surface area contributed by atoms with Gasteiger partial charge in [-0.1, -0.05) is 0 Å². The number of fused-ring (bicyclic) bond motifs is 1. The predicted molar refractivity (Wildman–Crippen MR) is 50.0 cm³/mol. The van der Waals surface area contributed by atoms with E-state index in [1.54, 1.807) is 6.33 Å². The molecule has 1 aliphatic carbocycles. The van der Waals surface area contributed by atoms with Crippen molar-refractivity contribution in [2.45, 2.75) is 24.5 Å². The number of imidazole rings is 1. The van der Waals surface area contributed by atoms with Gasteiger partial charge in [-0.2, -0.15) is 0 Å². The van der Waals surface area contributed by atoms with E-state index < -0.39 is 5.30 Å². The van der Waals surface area contributed by atoms with Crippen molar-refractivity contribution >= 4 is 17.1 Å². The van der Waals surface area contributed by atoms with Gasteiger partial charge in [-0.3, -0.25) is 0 Å². The van der Waals surface area contributed by atoms with Crippen LogP contribution in [0.2, 0.25) is 0 Å². The Bertz CT molecular complexity index is 324. The quantitative estimate of drug-likeness (QED) is 0.720. The second-order valence-electron chi connectivity index (χ2n) is 3.08. The zero-order chi connectivity index (χ0) is 9.26. The number of thioether (sulfide) groups is 1. The van der Waals surface area contributed by atoms with E-state index in [9.17, 15) is 4.79 Å². The largest absolute Gasteiger partial charge is 0.473 e. The minimum Gasteiger partial charge on any atom is -0.473 e. The number of carboxylic acid groups (broad SMARTS) is 1. The summed E-state index contributed by atoms with van der Waals surface area (Å²) >= 11 is 1.01. The lowest BCUT2D eigenvalue weighted by Crippen LogP contribution is -2.17. The van der Waals surface area contributed by atoms with Gasteiger partial charge in [0.05, 0.1) is 12.0 Å². The van der Waals surface area contributed by atoms with Crippen LogP contribution in [0.1, 0.15) is 17.8 Å². The number of aromatic amines is 1. The highest BCUT2D eigenvalue weighted by atomic mass is 32.2. The third kappa shape index (κ3) is 1.85. The van der Waals surface area contributed by atoms with E-state index in [-0.39, 0.29) is 5.25 Å². The van der Waals surface area contributed by atoms with Gasteiger partial charge in [0.2, 0.25) is 0 Å². The first kappa shape index (κ1) is 8.62. The zero-order valence-corrected chi connectivity index (χ0v) is 7.80. The molecule has 0 bridgehead atoms. The van der Waals surface area contributed by atoms with E-state index in [1.165, 1.54) is 0 Å². The Balaban J connectivity index is 2.04. The second kappa shape index (κ2) is 3.41. The highest BCUT2D eigenvalue weighted by molar-refractivity contribution is 8.13. The Hall–Kier alpha value is -0.970. The molecule has 70 valence electrons. The molecule has 0 spiro atoms. The van der Waals surface area contributed by atoms with E-state index in [2.05, 4.69) is 9.97 Å². The molecular weight excluding hydrogens is 188 g/mol. The number of hydrogen-bond acceptors (Lipinski definition) is 3. The SMILES string of the molecule is O=C(O)SC1CCc2nc[nH]c2C1. The van der Waals surface area contributed by atoms with Crippen LogP contribution in [-0.4, -0.2) is 25.6 Å². The van der Waals surface area contributed by atoms with Crippen LogP contribution in [0.25, 0.3) is 0 Å². The van der Waals surface area contributed by atoms with Crippen LogP contribution in [0.3, 0.4) is 0 Å². The van der Waals surface area contributed by atoms with Crippen molar-refractivity contribution in [2.24, 2.45) is 0 Å². The minimum absolute atomic E-state index is 0.199. The van der Waals surface area contributed by atoms with E-state index in [1.807, 2.05) is 0 Å². The average molecular weight is 198 g/mol. The van der Waals surface area contributed by atoms with Crippen molar-refractivity contribution < 1.29 is 9.90 Å². The lowest BCUT2D eigenvalue weighted by Gasteiger charge is -2.18. The molecule has 0 fully saturated rings. The molecule has 1 atom stereocenters. The third-order valence-corrected chi connectivity index (χ3v) is 3.15. The molecule has 4 nitrogen and oxygen atoms in total. The molecule has 1 heterocycles. The van der Waals surface area contributed by atoms with Crippen molar-refractivity contribution in [2.75, 3.05) is 0 Å². The van der Waals surface area contributed by atoms with Gasteiger partial charge in [-0.05, 0) is 24.6 Å². The molecule has 2 rings (SSSR count). The number of rotatable bonds is 1. The third-order valence-electron chi connectivity index (χ3n) is 2.21. The van der Waals surface area contributed by atoms with Crippen LogP contribution in [0, 0.1) is 0 Å². The average Bonchev–Trinajstić information content (AvgIpc) is 2.49. The Morgan fingerprint density at radius 2 is 2.62 bits per heavy atom. The molecule has 1 aromatic heterocycles. The Labute approximate surface area is 79.8 Å². The fraction of sp³-hybridized carbons (Fsp3) is 0.500. The van der Waals surface area contributed by atoms with E-state index in [0.717, 1.165) is 42.4 Å². The molecule has 13 heavy (non-hydrogen) atoms. The first-order valence-electron chi connectivity index (χ1n) is 4.16. The zero-order valence-electron chi connectivity index (χ0n) is 6.99. The summed E-state index contributed by atoms with van der Waals surface area (Å²) in [5.41, 5.74) is 2.20. The molecule has 0 saturated heterocycles. The fourth-order valence-electron chi connectivity index (χ4n) is 1.61. The minimum atomic E-state index is -0.784. The van der Waals surface area contributed by atoms with Gasteiger partial charge in [0.1, 0.15) is 0 Å². The van der Waals surface area contributed by atoms with Crippen molar-refractivity contribution in [3.05, 3.63) is 17.7 Å². The van der Waals surface area contributed by atoms with Gasteiger partial charge in [0.15, 0.2) is 0 Å². The lowest BCUT2D eigenvalue weighted by molar-refractivity contribution is 0.222. The molecule has 0 radical (unpaired) electrons. The molecule has 1 aromatic rings. The molecule has 2 N–H and O–H groups in total. The molecule has 0 amide bonds. The van der Waals surface area contributed by atoms with Gasteiger partial charge < -0.3 is 10.1 Å². The van der Waals surface area contributed by atoms with Crippen LogP contribution >= 0.6 is 11.8 Å². The maximum atomic E-state index is 10.5. The lowest BCUT2D eigenvalue weighted by atomic mass is 10.0. The highest BCUT2D eigenvalue weighted by Gasteiger charge is 2.22. The summed E-state index contributed by atoms with van der Waals surface area (Å²) in [4.78, 5) is 17.7. The molecule has 1 unspecified atom stereocenters. The normalized spacial score (nSPS) is 21.1. The number of nitrogens with zero attached hydrogens (tertiary/aromatic N) is 1. The first-order valence-corrected chi connectivity index (χ1v) is 5.04. The summed E-state index contributed by atoms with van der Waals surface area (Å²) in [7, 11) is 0. The number of aryl methyl sites for hydroxylation is 1. The summed E-state index contributed by atoms with van der Waals surface area (Å²) in [5, 5.41) is 8.02. The van der Waals surface area contributed by atoms with Crippen molar-refractivity contribution in [3.8, 4) is 0 Å². The maximum absolute atomic E-state index is 10.5. The van der Waals surface area contributed by atoms with Crippen molar-refractivity contribution in [1.29, 1.82) is 0 Å². The van der Waals surface area contributed by atoms with Crippen molar-refractivity contribution in [1.82, 2.24) is 9.97 Å². The van der Waals surface area contributed by atoms with Crippen LogP contribution < -0.4 is 0 Å². The predicted octanol–water partition coefficient (Wildman–Crippen LogP) is 1.68. The van der Waals surface area contributed by atoms with E-state index in [4.69, 9.17) is 5.11 Å². The summed E-state index contributed by atoms with van der Waals surface area (Å²) < 4.78 is 0. The highest BCUT2D eigenvalue weighted by Crippen LogP contribution is 2.27. The Kier molecular flexibility index (Phi) is 2.26. The monoisotopic (exact) mass is 198 g/mol. The second-order valence-corrected chi connectivity index (χ2v) is 4.33. The summed E-state index contributed by atoms with van der Waals surface area (Å²) in [5.74, 6) is 0. The van der Waals surface area contributed by atoms with Gasteiger partial charge in [0.25, 0.3) is 0 Å². The maximum Gasteiger partial charge on any atom is 0.365 e. The molecule has 0 saturated carbocycles. The summed E-state index contributed by atoms with van der Waals surface area (Å²) in [6.07, 6.45) is 4.28. The number of H-pyrrole nitrogens is 1. The number of aromatic nitrogens is 2. The Morgan fingerprint density at radius 3 is 3.38 bits per heavy atom. The smallest absolute Gasteiger partial charge is 0.365 e. The topological polar surface area (TPSA) is 66.0 Å². The molecule has 0 aliphatic heterocycles. The van der Waals surface area contributed by atoms with Gasteiger partial charge in [-0.25, -0.2) is 9.78 Å². The van der Waals surface area contributed by atoms with Gasteiger partial charge >= 0.3 is 5.30 Å². The molecular formula is C8H10N2O2S. The van der Waals surface area contributed by atoms with Gasteiger partial charge in [-0.15, -0.1) is 0 Å². The standard InChI is InChI=1S/C8H10N2O2S/c11-8(12)13-5-1-2-6-7(3-5)10-4-9-6/h4-5H,1-3H2,(H,9,10)(H,11,12). The molecule has 5 heteroatoms. The van der Waals surface area contributed by atoms with Gasteiger partial charge in [0, 0.05) is 17.4 Å². The van der Waals surface area contributed by atoms with Crippen LogP contribution in [0.5, 0.6) is 0 Å². The van der Waals surface area contributed by atoms with E-state index >= 15 is 0 Å². The number of carbonyl (C=O) groups is 1. The number of nitrogens with one attached hydrogen (secondary N) is 1. The van der Waals surface area contributed by atoms with Crippen LogP contribution in [-0.2, 0) is 12.8 Å². The molecule has 0 aromatic carbocycles. The van der Waals surface area contributed by atoms with E-state index in [0.29, 0.717) is 0 Å². The van der Waals surface area contributed by atoms with Crippen molar-refractivity contribution in [3.63, 3.8) is 0 Å². The summed E-state index contributed by atoms with van der Waals surface area (Å²) in [6.45, 7) is 0.